The predicted molar refractivity (Wildman–Crippen MR) is 195 cm³/mol. The molecule has 4 aromatic rings. The van der Waals surface area contributed by atoms with Crippen molar-refractivity contribution in [3.8, 4) is 11.5 Å². The van der Waals surface area contributed by atoms with E-state index in [9.17, 15) is 23.1 Å². The van der Waals surface area contributed by atoms with E-state index in [2.05, 4.69) is 16.0 Å². The maximum Gasteiger partial charge on any atom is 0.251 e. The van der Waals surface area contributed by atoms with Crippen molar-refractivity contribution in [1.29, 1.82) is 0 Å². The van der Waals surface area contributed by atoms with Crippen molar-refractivity contribution in [1.82, 2.24) is 16.0 Å². The van der Waals surface area contributed by atoms with E-state index in [1.807, 2.05) is 80.6 Å². The highest BCUT2D eigenvalue weighted by Crippen LogP contribution is 2.23. The molecule has 0 bridgehead atoms. The number of rotatable bonds is 16. The third kappa shape index (κ3) is 10.3. The van der Waals surface area contributed by atoms with Crippen molar-refractivity contribution in [2.24, 2.45) is 0 Å². The van der Waals surface area contributed by atoms with Crippen LogP contribution in [0, 0.1) is 0 Å². The molecule has 0 unspecified atom stereocenters. The number of nitrogens with zero attached hydrogens (tertiary/aromatic N) is 1. The number of carbonyl (C=O) groups is 2. The van der Waals surface area contributed by atoms with E-state index in [-0.39, 0.29) is 29.4 Å². The molecule has 4 N–H and O–H groups in total. The van der Waals surface area contributed by atoms with Crippen LogP contribution in [0.4, 0.5) is 5.69 Å². The number of anilines is 1. The van der Waals surface area contributed by atoms with Crippen LogP contribution in [0.2, 0.25) is 0 Å². The Morgan fingerprint density at radius 1 is 0.760 bits per heavy atom. The number of methoxy groups -OCH3 is 2. The quantitative estimate of drug-likeness (QED) is 0.132. The first-order chi connectivity index (χ1) is 23.8. The first-order valence-corrected chi connectivity index (χ1v) is 18.1. The Balaban J connectivity index is 1.58. The average Bonchev–Trinajstić information content (AvgIpc) is 3.12. The predicted octanol–water partition coefficient (Wildman–Crippen LogP) is 4.64. The van der Waals surface area contributed by atoms with Gasteiger partial charge in [0, 0.05) is 30.8 Å². The zero-order valence-electron chi connectivity index (χ0n) is 29.2. The topological polar surface area (TPSA) is 146 Å². The number of sulfonamides is 1. The second kappa shape index (κ2) is 17.1. The normalized spacial score (nSPS) is 13.7. The number of hydrogen-bond acceptors (Lipinski definition) is 8. The van der Waals surface area contributed by atoms with Crippen LogP contribution in [0.15, 0.2) is 97.1 Å². The molecule has 4 atom stereocenters. The molecular weight excluding hydrogens is 657 g/mol. The zero-order chi connectivity index (χ0) is 36.4. The van der Waals surface area contributed by atoms with Crippen LogP contribution in [-0.2, 0) is 16.4 Å². The van der Waals surface area contributed by atoms with Gasteiger partial charge < -0.3 is 30.5 Å². The molecule has 50 heavy (non-hydrogen) atoms. The summed E-state index contributed by atoms with van der Waals surface area (Å²) in [5.74, 6) is 0.348. The van der Waals surface area contributed by atoms with E-state index < -0.39 is 40.0 Å². The van der Waals surface area contributed by atoms with Crippen LogP contribution >= 0.6 is 0 Å². The van der Waals surface area contributed by atoms with E-state index in [4.69, 9.17) is 9.47 Å². The van der Waals surface area contributed by atoms with Gasteiger partial charge in [-0.15, -0.1) is 0 Å². The summed E-state index contributed by atoms with van der Waals surface area (Å²) in [6.45, 7) is 3.96. The van der Waals surface area contributed by atoms with Gasteiger partial charge in [0.15, 0.2) is 0 Å². The van der Waals surface area contributed by atoms with Crippen molar-refractivity contribution in [2.45, 2.75) is 44.5 Å². The standard InChI is InChI=1S/C38H46N4O7S/c1-25(28-12-16-33(48-4)17-13-28)39-24-36(43)35(20-27-10-8-7-9-11-27)41-38(45)31-21-30(22-32(23-31)42(3)50(6,46)47)37(44)40-26(2)29-14-18-34(49-5)19-15-29/h7-19,21-23,25-26,35-36,39,43H,20,24H2,1-6H3,(H,40,44)(H,41,45)/t25-,26-,35+,36-/m1/s1. The van der Waals surface area contributed by atoms with Gasteiger partial charge in [0.25, 0.3) is 11.8 Å². The Kier molecular flexibility index (Phi) is 13.0. The van der Waals surface area contributed by atoms with Gasteiger partial charge in [-0.1, -0.05) is 54.6 Å². The number of nitrogens with one attached hydrogen (secondary N) is 3. The minimum atomic E-state index is -3.73. The van der Waals surface area contributed by atoms with Gasteiger partial charge in [-0.3, -0.25) is 13.9 Å². The molecule has 0 saturated heterocycles. The van der Waals surface area contributed by atoms with Crippen molar-refractivity contribution in [3.05, 3.63) is 125 Å². The fourth-order valence-electron chi connectivity index (χ4n) is 5.36. The number of aliphatic hydroxyl groups excluding tert-OH is 1. The Morgan fingerprint density at radius 3 is 1.76 bits per heavy atom. The molecule has 0 aliphatic heterocycles. The number of aliphatic hydroxyl groups is 1. The van der Waals surface area contributed by atoms with Crippen molar-refractivity contribution < 1.29 is 32.6 Å². The lowest BCUT2D eigenvalue weighted by molar-refractivity contribution is 0.0825. The molecule has 4 rings (SSSR count). The number of ether oxygens (including phenoxy) is 2. The summed E-state index contributed by atoms with van der Waals surface area (Å²) >= 11 is 0. The highest BCUT2D eigenvalue weighted by molar-refractivity contribution is 7.92. The maximum atomic E-state index is 13.9. The van der Waals surface area contributed by atoms with Gasteiger partial charge in [0.2, 0.25) is 10.0 Å². The lowest BCUT2D eigenvalue weighted by Crippen LogP contribution is -2.49. The molecule has 0 heterocycles. The molecule has 0 spiro atoms. The summed E-state index contributed by atoms with van der Waals surface area (Å²) < 4.78 is 36.5. The molecule has 0 aromatic heterocycles. The monoisotopic (exact) mass is 702 g/mol. The maximum absolute atomic E-state index is 13.9. The number of benzene rings is 4. The fourth-order valence-corrected chi connectivity index (χ4v) is 5.84. The van der Waals surface area contributed by atoms with E-state index in [1.54, 1.807) is 26.4 Å². The summed E-state index contributed by atoms with van der Waals surface area (Å²) in [6.07, 6.45) is 0.356. The van der Waals surface area contributed by atoms with E-state index in [1.165, 1.54) is 25.2 Å². The highest BCUT2D eigenvalue weighted by atomic mass is 32.2. The van der Waals surface area contributed by atoms with Gasteiger partial charge >= 0.3 is 0 Å². The van der Waals surface area contributed by atoms with Crippen LogP contribution in [0.1, 0.15) is 63.3 Å². The van der Waals surface area contributed by atoms with Gasteiger partial charge in [-0.05, 0) is 79.4 Å². The third-order valence-electron chi connectivity index (χ3n) is 8.60. The Labute approximate surface area is 294 Å². The van der Waals surface area contributed by atoms with Crippen LogP contribution in [0.25, 0.3) is 0 Å². The number of carbonyl (C=O) groups excluding carboxylic acids is 2. The summed E-state index contributed by atoms with van der Waals surface area (Å²) in [5, 5.41) is 20.6. The van der Waals surface area contributed by atoms with Gasteiger partial charge in [-0.2, -0.15) is 0 Å². The second-order valence-electron chi connectivity index (χ2n) is 12.2. The highest BCUT2D eigenvalue weighted by Gasteiger charge is 2.25. The van der Waals surface area contributed by atoms with Gasteiger partial charge in [0.1, 0.15) is 11.5 Å². The Bertz CT molecular complexity index is 1840. The minimum absolute atomic E-state index is 0.0603. The average molecular weight is 703 g/mol. The van der Waals surface area contributed by atoms with Crippen molar-refractivity contribution in [3.63, 3.8) is 0 Å². The Hall–Kier alpha value is -4.91. The molecule has 0 saturated carbocycles. The van der Waals surface area contributed by atoms with Gasteiger partial charge in [-0.25, -0.2) is 8.42 Å². The zero-order valence-corrected chi connectivity index (χ0v) is 30.0. The second-order valence-corrected chi connectivity index (χ2v) is 14.2. The van der Waals surface area contributed by atoms with E-state index in [0.717, 1.165) is 33.0 Å². The fraction of sp³-hybridized carbons (Fsp3) is 0.316. The molecule has 0 aliphatic carbocycles. The molecule has 2 amide bonds. The first kappa shape index (κ1) is 37.9. The van der Waals surface area contributed by atoms with Crippen molar-refractivity contribution in [2.75, 3.05) is 38.4 Å². The number of hydrogen-bond donors (Lipinski definition) is 4. The third-order valence-corrected chi connectivity index (χ3v) is 9.80. The molecule has 11 nitrogen and oxygen atoms in total. The lowest BCUT2D eigenvalue weighted by Gasteiger charge is -2.27. The number of amides is 2. The lowest BCUT2D eigenvalue weighted by atomic mass is 9.99. The van der Waals surface area contributed by atoms with E-state index >= 15 is 0 Å². The SMILES string of the molecule is COc1ccc([C@@H](C)NC[C@@H](O)[C@H](Cc2ccccc2)NC(=O)c2cc(C(=O)N[C@H](C)c3ccc(OC)cc3)cc(N(C)S(C)(=O)=O)c2)cc1. The smallest absolute Gasteiger partial charge is 0.251 e. The van der Waals surface area contributed by atoms with Crippen molar-refractivity contribution >= 4 is 27.5 Å². The van der Waals surface area contributed by atoms with Crippen LogP contribution in [0.5, 0.6) is 11.5 Å². The summed E-state index contributed by atoms with van der Waals surface area (Å²) in [6, 6.07) is 27.4. The van der Waals surface area contributed by atoms with Crippen LogP contribution in [0.3, 0.4) is 0 Å². The van der Waals surface area contributed by atoms with Crippen LogP contribution < -0.4 is 29.7 Å². The molecule has 0 fully saturated rings. The van der Waals surface area contributed by atoms with E-state index in [0.29, 0.717) is 12.2 Å². The summed E-state index contributed by atoms with van der Waals surface area (Å²) in [4.78, 5) is 27.4. The largest absolute Gasteiger partial charge is 0.497 e. The molecule has 0 aliphatic rings. The molecule has 4 aromatic carbocycles. The molecule has 12 heteroatoms. The van der Waals surface area contributed by atoms with Crippen LogP contribution in [-0.4, -0.2) is 71.6 Å². The Morgan fingerprint density at radius 2 is 1.26 bits per heavy atom. The van der Waals surface area contributed by atoms with Gasteiger partial charge in [0.05, 0.1) is 44.4 Å². The molecular formula is C38H46N4O7S. The first-order valence-electron chi connectivity index (χ1n) is 16.2. The minimum Gasteiger partial charge on any atom is -0.497 e. The molecule has 0 radical (unpaired) electrons. The summed E-state index contributed by atoms with van der Waals surface area (Å²) in [5.41, 5.74) is 3.02. The molecule has 266 valence electrons. The summed E-state index contributed by atoms with van der Waals surface area (Å²) in [7, 11) is 0.798.